The molecule has 2 atom stereocenters. The molecule has 0 radical (unpaired) electrons. The fraction of sp³-hybridized carbons (Fsp3) is 0.333. The lowest BCUT2D eigenvalue weighted by atomic mass is 10.2. The van der Waals surface area contributed by atoms with E-state index >= 15 is 0 Å². The van der Waals surface area contributed by atoms with Crippen molar-refractivity contribution in [3.05, 3.63) is 32.5 Å². The number of hydrogen-bond donors (Lipinski definition) is 2. The maximum absolute atomic E-state index is 13.1. The standard InChI is InChI=1S/C9H9BrFN3O2/c10-4-1-8(13-7-3-6(7)12)9(14(15)16)2-5(4)11/h1-2,6-7,13H,3,12H2. The van der Waals surface area contributed by atoms with Crippen LogP contribution in [0.15, 0.2) is 16.6 Å². The quantitative estimate of drug-likeness (QED) is 0.659. The summed E-state index contributed by atoms with van der Waals surface area (Å²) in [4.78, 5) is 10.1. The molecule has 2 rings (SSSR count). The van der Waals surface area contributed by atoms with Gasteiger partial charge in [-0.2, -0.15) is 0 Å². The molecule has 0 heterocycles. The summed E-state index contributed by atoms with van der Waals surface area (Å²) >= 11 is 2.99. The minimum Gasteiger partial charge on any atom is -0.375 e. The Morgan fingerprint density at radius 3 is 2.75 bits per heavy atom. The first-order valence-corrected chi connectivity index (χ1v) is 5.44. The van der Waals surface area contributed by atoms with Crippen LogP contribution in [0.3, 0.4) is 0 Å². The third-order valence-electron chi connectivity index (χ3n) is 2.42. The van der Waals surface area contributed by atoms with Gasteiger partial charge in [-0.05, 0) is 28.4 Å². The Hall–Kier alpha value is -1.21. The second-order valence-corrected chi connectivity index (χ2v) is 4.55. The molecule has 1 aliphatic carbocycles. The lowest BCUT2D eigenvalue weighted by Gasteiger charge is -2.07. The van der Waals surface area contributed by atoms with E-state index in [0.29, 0.717) is 0 Å². The molecule has 7 heteroatoms. The first-order chi connectivity index (χ1) is 7.49. The third kappa shape index (κ3) is 2.14. The number of nitro benzene ring substituents is 1. The Kier molecular flexibility index (Phi) is 2.81. The molecule has 1 aliphatic rings. The molecule has 0 saturated heterocycles. The zero-order chi connectivity index (χ0) is 11.9. The van der Waals surface area contributed by atoms with Crippen molar-refractivity contribution in [2.75, 3.05) is 5.32 Å². The van der Waals surface area contributed by atoms with Crippen LogP contribution in [0.1, 0.15) is 6.42 Å². The maximum atomic E-state index is 13.1. The molecule has 1 fully saturated rings. The summed E-state index contributed by atoms with van der Waals surface area (Å²) in [6, 6.07) is 2.30. The van der Waals surface area contributed by atoms with Gasteiger partial charge in [0.2, 0.25) is 0 Å². The summed E-state index contributed by atoms with van der Waals surface area (Å²) in [7, 11) is 0. The molecule has 2 unspecified atom stereocenters. The first kappa shape index (κ1) is 11.3. The second kappa shape index (κ2) is 3.99. The summed E-state index contributed by atoms with van der Waals surface area (Å²) in [5, 5.41) is 13.6. The average molecular weight is 290 g/mol. The summed E-state index contributed by atoms with van der Waals surface area (Å²) < 4.78 is 13.3. The lowest BCUT2D eigenvalue weighted by molar-refractivity contribution is -0.384. The van der Waals surface area contributed by atoms with Crippen LogP contribution in [0.25, 0.3) is 0 Å². The molecule has 0 spiro atoms. The zero-order valence-electron chi connectivity index (χ0n) is 8.11. The van der Waals surface area contributed by atoms with Crippen molar-refractivity contribution in [2.24, 2.45) is 5.73 Å². The predicted octanol–water partition coefficient (Wildman–Crippen LogP) is 2.01. The maximum Gasteiger partial charge on any atom is 0.295 e. The van der Waals surface area contributed by atoms with Gasteiger partial charge >= 0.3 is 0 Å². The van der Waals surface area contributed by atoms with E-state index in [2.05, 4.69) is 21.2 Å². The van der Waals surface area contributed by atoms with Crippen LogP contribution in [0, 0.1) is 15.9 Å². The van der Waals surface area contributed by atoms with Crippen LogP contribution in [-0.4, -0.2) is 17.0 Å². The van der Waals surface area contributed by atoms with E-state index in [1.165, 1.54) is 6.07 Å². The molecule has 16 heavy (non-hydrogen) atoms. The van der Waals surface area contributed by atoms with Crippen LogP contribution < -0.4 is 11.1 Å². The SMILES string of the molecule is NC1CC1Nc1cc(Br)c(F)cc1[N+](=O)[O-]. The number of nitrogens with two attached hydrogens (primary N) is 1. The van der Waals surface area contributed by atoms with Gasteiger partial charge in [0.05, 0.1) is 15.5 Å². The van der Waals surface area contributed by atoms with Crippen molar-refractivity contribution in [1.29, 1.82) is 0 Å². The Labute approximate surface area is 99.1 Å². The highest BCUT2D eigenvalue weighted by molar-refractivity contribution is 9.10. The molecule has 1 aromatic carbocycles. The van der Waals surface area contributed by atoms with Crippen molar-refractivity contribution in [3.8, 4) is 0 Å². The third-order valence-corrected chi connectivity index (χ3v) is 3.02. The van der Waals surface area contributed by atoms with Crippen LogP contribution in [0.4, 0.5) is 15.8 Å². The van der Waals surface area contributed by atoms with Gasteiger partial charge in [0.1, 0.15) is 11.5 Å². The minimum atomic E-state index is -0.655. The number of anilines is 1. The number of nitrogens with zero attached hydrogens (tertiary/aromatic N) is 1. The van der Waals surface area contributed by atoms with Gasteiger partial charge in [0, 0.05) is 12.1 Å². The number of nitro groups is 1. The van der Waals surface area contributed by atoms with E-state index in [4.69, 9.17) is 5.73 Å². The van der Waals surface area contributed by atoms with E-state index in [9.17, 15) is 14.5 Å². The molecule has 86 valence electrons. The molecule has 0 aromatic heterocycles. The van der Waals surface area contributed by atoms with Crippen molar-refractivity contribution >= 4 is 27.3 Å². The van der Waals surface area contributed by atoms with Crippen molar-refractivity contribution in [2.45, 2.75) is 18.5 Å². The highest BCUT2D eigenvalue weighted by Crippen LogP contribution is 2.34. The number of halogens is 2. The van der Waals surface area contributed by atoms with Gasteiger partial charge in [0.25, 0.3) is 5.69 Å². The summed E-state index contributed by atoms with van der Waals surface area (Å²) in [6.07, 6.45) is 0.770. The largest absolute Gasteiger partial charge is 0.375 e. The van der Waals surface area contributed by atoms with Gasteiger partial charge in [-0.3, -0.25) is 10.1 Å². The topological polar surface area (TPSA) is 81.2 Å². The van der Waals surface area contributed by atoms with Crippen molar-refractivity contribution < 1.29 is 9.31 Å². The predicted molar refractivity (Wildman–Crippen MR) is 60.8 cm³/mol. The highest BCUT2D eigenvalue weighted by Gasteiger charge is 2.35. The average Bonchev–Trinajstić information content (AvgIpc) is 2.87. The molecule has 1 saturated carbocycles. The molecular weight excluding hydrogens is 281 g/mol. The number of rotatable bonds is 3. The highest BCUT2D eigenvalue weighted by atomic mass is 79.9. The minimum absolute atomic E-state index is 0.0171. The van der Waals surface area contributed by atoms with Crippen LogP contribution in [0.5, 0.6) is 0 Å². The molecule has 0 amide bonds. The van der Waals surface area contributed by atoms with E-state index in [1.54, 1.807) is 0 Å². The van der Waals surface area contributed by atoms with Crippen LogP contribution in [0.2, 0.25) is 0 Å². The fourth-order valence-electron chi connectivity index (χ4n) is 1.38. The normalized spacial score (nSPS) is 22.9. The van der Waals surface area contributed by atoms with Crippen molar-refractivity contribution in [1.82, 2.24) is 0 Å². The van der Waals surface area contributed by atoms with Gasteiger partial charge in [-0.1, -0.05) is 0 Å². The molecular formula is C9H9BrFN3O2. The Morgan fingerprint density at radius 1 is 1.62 bits per heavy atom. The van der Waals surface area contributed by atoms with Gasteiger partial charge in [0.15, 0.2) is 0 Å². The molecule has 0 bridgehead atoms. The fourth-order valence-corrected chi connectivity index (χ4v) is 1.73. The second-order valence-electron chi connectivity index (χ2n) is 3.69. The summed E-state index contributed by atoms with van der Waals surface area (Å²) in [5.74, 6) is -0.655. The molecule has 1 aromatic rings. The first-order valence-electron chi connectivity index (χ1n) is 4.64. The van der Waals surface area contributed by atoms with Crippen LogP contribution >= 0.6 is 15.9 Å². The number of hydrogen-bond acceptors (Lipinski definition) is 4. The lowest BCUT2D eigenvalue weighted by Crippen LogP contribution is -2.14. The number of benzene rings is 1. The van der Waals surface area contributed by atoms with Crippen LogP contribution in [-0.2, 0) is 0 Å². The van der Waals surface area contributed by atoms with E-state index in [-0.39, 0.29) is 27.9 Å². The van der Waals surface area contributed by atoms with E-state index in [0.717, 1.165) is 12.5 Å². The van der Waals surface area contributed by atoms with E-state index < -0.39 is 10.7 Å². The summed E-state index contributed by atoms with van der Waals surface area (Å²) in [5.41, 5.74) is 5.60. The summed E-state index contributed by atoms with van der Waals surface area (Å²) in [6.45, 7) is 0. The van der Waals surface area contributed by atoms with Crippen molar-refractivity contribution in [3.63, 3.8) is 0 Å². The van der Waals surface area contributed by atoms with Gasteiger partial charge in [-0.15, -0.1) is 0 Å². The molecule has 0 aliphatic heterocycles. The smallest absolute Gasteiger partial charge is 0.295 e. The zero-order valence-corrected chi connectivity index (χ0v) is 9.70. The Balaban J connectivity index is 2.33. The molecule has 3 N–H and O–H groups in total. The molecule has 5 nitrogen and oxygen atoms in total. The Morgan fingerprint density at radius 2 is 2.25 bits per heavy atom. The van der Waals surface area contributed by atoms with E-state index in [1.807, 2.05) is 0 Å². The Bertz CT molecular complexity index is 455. The monoisotopic (exact) mass is 289 g/mol. The van der Waals surface area contributed by atoms with Gasteiger partial charge < -0.3 is 11.1 Å². The number of nitrogens with one attached hydrogen (secondary N) is 1. The van der Waals surface area contributed by atoms with Gasteiger partial charge in [-0.25, -0.2) is 4.39 Å².